The van der Waals surface area contributed by atoms with E-state index in [4.69, 9.17) is 9.47 Å². The second-order valence-corrected chi connectivity index (χ2v) is 6.54. The Bertz CT molecular complexity index is 744. The molecule has 1 aromatic carbocycles. The van der Waals surface area contributed by atoms with Crippen molar-refractivity contribution in [2.24, 2.45) is 11.8 Å². The van der Waals surface area contributed by atoms with E-state index in [1.165, 1.54) is 13.4 Å². The number of phenols is 2. The van der Waals surface area contributed by atoms with Crippen LogP contribution in [0.3, 0.4) is 0 Å². The third-order valence-corrected chi connectivity index (χ3v) is 5.11. The highest BCUT2D eigenvalue weighted by Gasteiger charge is 2.39. The SMILES string of the molecule is C=C[C@H]1[C@H](O)OC=C(C(=O)OC)[C@H]1C[C@H]1NCCc2cc(O)c(O)cc21. The molecular weight excluding hydrogens is 338 g/mol. The lowest BCUT2D eigenvalue weighted by Gasteiger charge is -2.37. The van der Waals surface area contributed by atoms with Crippen LogP contribution in [-0.4, -0.2) is 41.2 Å². The summed E-state index contributed by atoms with van der Waals surface area (Å²) in [5.74, 6) is -1.70. The molecule has 0 fully saturated rings. The molecule has 4 atom stereocenters. The van der Waals surface area contributed by atoms with Gasteiger partial charge in [0.1, 0.15) is 0 Å². The first-order chi connectivity index (χ1) is 12.5. The van der Waals surface area contributed by atoms with Crippen LogP contribution >= 0.6 is 0 Å². The van der Waals surface area contributed by atoms with Gasteiger partial charge in [-0.2, -0.15) is 0 Å². The van der Waals surface area contributed by atoms with E-state index < -0.39 is 18.2 Å². The van der Waals surface area contributed by atoms with Crippen molar-refractivity contribution in [1.29, 1.82) is 0 Å². The molecule has 26 heavy (non-hydrogen) atoms. The Morgan fingerprint density at radius 1 is 1.42 bits per heavy atom. The van der Waals surface area contributed by atoms with Crippen LogP contribution in [0, 0.1) is 11.8 Å². The summed E-state index contributed by atoms with van der Waals surface area (Å²) in [5.41, 5.74) is 2.13. The lowest BCUT2D eigenvalue weighted by molar-refractivity contribution is -0.142. The van der Waals surface area contributed by atoms with Crippen molar-refractivity contribution >= 4 is 5.97 Å². The zero-order chi connectivity index (χ0) is 18.8. The maximum Gasteiger partial charge on any atom is 0.337 e. The van der Waals surface area contributed by atoms with Gasteiger partial charge < -0.3 is 30.1 Å². The number of aliphatic hydroxyl groups is 1. The molecule has 4 N–H and O–H groups in total. The highest BCUT2D eigenvalue weighted by atomic mass is 16.6. The number of phenolic OH excluding ortho intramolecular Hbond substituents is 2. The maximum atomic E-state index is 12.2. The number of hydrogen-bond acceptors (Lipinski definition) is 7. The van der Waals surface area contributed by atoms with Gasteiger partial charge in [-0.3, -0.25) is 0 Å². The smallest absolute Gasteiger partial charge is 0.337 e. The minimum Gasteiger partial charge on any atom is -0.504 e. The Kier molecular flexibility index (Phi) is 5.20. The molecule has 0 aromatic heterocycles. The Labute approximate surface area is 151 Å². The van der Waals surface area contributed by atoms with E-state index in [1.807, 2.05) is 0 Å². The Balaban J connectivity index is 1.94. The number of nitrogens with one attached hydrogen (secondary N) is 1. The van der Waals surface area contributed by atoms with Gasteiger partial charge in [-0.15, -0.1) is 6.58 Å². The van der Waals surface area contributed by atoms with Crippen molar-refractivity contribution < 1.29 is 29.6 Å². The number of hydrogen-bond donors (Lipinski definition) is 4. The predicted octanol–water partition coefficient (Wildman–Crippen LogP) is 1.50. The van der Waals surface area contributed by atoms with Gasteiger partial charge in [-0.05, 0) is 42.6 Å². The Hall–Kier alpha value is -2.51. The van der Waals surface area contributed by atoms with Gasteiger partial charge in [-0.1, -0.05) is 6.08 Å². The van der Waals surface area contributed by atoms with Crippen LogP contribution < -0.4 is 5.32 Å². The molecule has 0 unspecified atom stereocenters. The molecule has 0 radical (unpaired) electrons. The third kappa shape index (κ3) is 3.27. The van der Waals surface area contributed by atoms with E-state index in [0.29, 0.717) is 18.5 Å². The average molecular weight is 361 g/mol. The van der Waals surface area contributed by atoms with Crippen LogP contribution in [0.4, 0.5) is 0 Å². The number of fused-ring (bicyclic) bond motifs is 1. The summed E-state index contributed by atoms with van der Waals surface area (Å²) in [7, 11) is 1.29. The topological polar surface area (TPSA) is 108 Å². The summed E-state index contributed by atoms with van der Waals surface area (Å²) in [5, 5.41) is 33.1. The second-order valence-electron chi connectivity index (χ2n) is 6.54. The molecule has 2 aliphatic heterocycles. The van der Waals surface area contributed by atoms with Crippen molar-refractivity contribution in [3.8, 4) is 11.5 Å². The van der Waals surface area contributed by atoms with E-state index in [0.717, 1.165) is 17.5 Å². The van der Waals surface area contributed by atoms with Crippen molar-refractivity contribution in [2.75, 3.05) is 13.7 Å². The van der Waals surface area contributed by atoms with Crippen LogP contribution in [0.15, 0.2) is 36.6 Å². The van der Waals surface area contributed by atoms with Gasteiger partial charge in [0.25, 0.3) is 0 Å². The van der Waals surface area contributed by atoms with Gasteiger partial charge in [-0.25, -0.2) is 4.79 Å². The molecule has 140 valence electrons. The van der Waals surface area contributed by atoms with E-state index in [9.17, 15) is 20.1 Å². The Morgan fingerprint density at radius 2 is 2.15 bits per heavy atom. The van der Waals surface area contributed by atoms with Crippen LogP contribution in [0.1, 0.15) is 23.6 Å². The van der Waals surface area contributed by atoms with E-state index in [-0.39, 0.29) is 23.5 Å². The first kappa shape index (κ1) is 18.3. The van der Waals surface area contributed by atoms with Crippen molar-refractivity contribution in [1.82, 2.24) is 5.32 Å². The summed E-state index contributed by atoms with van der Waals surface area (Å²) >= 11 is 0. The van der Waals surface area contributed by atoms with Crippen LogP contribution in [0.2, 0.25) is 0 Å². The number of aliphatic hydroxyl groups excluding tert-OH is 1. The Morgan fingerprint density at radius 3 is 2.85 bits per heavy atom. The molecule has 2 aliphatic rings. The van der Waals surface area contributed by atoms with Gasteiger partial charge in [0, 0.05) is 17.9 Å². The summed E-state index contributed by atoms with van der Waals surface area (Å²) in [6.45, 7) is 4.45. The number of esters is 1. The van der Waals surface area contributed by atoms with Crippen LogP contribution in [-0.2, 0) is 20.7 Å². The summed E-state index contributed by atoms with van der Waals surface area (Å²) < 4.78 is 10.0. The van der Waals surface area contributed by atoms with Crippen LogP contribution in [0.25, 0.3) is 0 Å². The average Bonchev–Trinajstić information content (AvgIpc) is 2.63. The quantitative estimate of drug-likeness (QED) is 0.366. The molecule has 0 amide bonds. The lowest BCUT2D eigenvalue weighted by atomic mass is 9.77. The zero-order valence-corrected chi connectivity index (χ0v) is 14.5. The fourth-order valence-electron chi connectivity index (χ4n) is 3.74. The monoisotopic (exact) mass is 361 g/mol. The van der Waals surface area contributed by atoms with Crippen molar-refractivity contribution in [3.05, 3.63) is 47.7 Å². The van der Waals surface area contributed by atoms with Gasteiger partial charge in [0.15, 0.2) is 11.5 Å². The number of ether oxygens (including phenoxy) is 2. The van der Waals surface area contributed by atoms with Gasteiger partial charge >= 0.3 is 5.97 Å². The molecule has 0 saturated carbocycles. The standard InChI is InChI=1S/C19H23NO6/c1-3-11-13(14(18(23)25-2)9-26-19(11)24)7-15-12-8-17(22)16(21)6-10(12)4-5-20-15/h3,6,8-9,11,13,15,19-22,24H,1,4-5,7H2,2H3/t11-,13+,15-,19-/m1/s1. The number of rotatable bonds is 4. The molecule has 7 nitrogen and oxygen atoms in total. The summed E-state index contributed by atoms with van der Waals surface area (Å²) in [6.07, 6.45) is 2.92. The second kappa shape index (κ2) is 7.39. The fraction of sp³-hybridized carbons (Fsp3) is 0.421. The molecule has 2 heterocycles. The minimum atomic E-state index is -1.10. The van der Waals surface area contributed by atoms with Crippen LogP contribution in [0.5, 0.6) is 11.5 Å². The summed E-state index contributed by atoms with van der Waals surface area (Å²) in [6, 6.07) is 2.94. The molecule has 0 bridgehead atoms. The number of methoxy groups -OCH3 is 1. The van der Waals surface area contributed by atoms with Crippen molar-refractivity contribution in [2.45, 2.75) is 25.2 Å². The zero-order valence-electron chi connectivity index (χ0n) is 14.5. The largest absolute Gasteiger partial charge is 0.504 e. The minimum absolute atomic E-state index is 0.148. The first-order valence-electron chi connectivity index (χ1n) is 8.48. The lowest BCUT2D eigenvalue weighted by Crippen LogP contribution is -2.39. The first-order valence-corrected chi connectivity index (χ1v) is 8.48. The maximum absolute atomic E-state index is 12.2. The predicted molar refractivity (Wildman–Crippen MR) is 93.2 cm³/mol. The number of carbonyl (C=O) groups is 1. The highest BCUT2D eigenvalue weighted by molar-refractivity contribution is 5.89. The molecule has 0 spiro atoms. The summed E-state index contributed by atoms with van der Waals surface area (Å²) in [4.78, 5) is 12.2. The third-order valence-electron chi connectivity index (χ3n) is 5.11. The van der Waals surface area contributed by atoms with E-state index in [1.54, 1.807) is 18.2 Å². The molecular formula is C19H23NO6. The molecule has 0 aliphatic carbocycles. The molecule has 7 heteroatoms. The number of benzene rings is 1. The molecule has 3 rings (SSSR count). The normalized spacial score (nSPS) is 27.7. The van der Waals surface area contributed by atoms with E-state index in [2.05, 4.69) is 11.9 Å². The van der Waals surface area contributed by atoms with Gasteiger partial charge in [0.2, 0.25) is 6.29 Å². The number of aromatic hydroxyl groups is 2. The van der Waals surface area contributed by atoms with E-state index >= 15 is 0 Å². The van der Waals surface area contributed by atoms with Crippen molar-refractivity contribution in [3.63, 3.8) is 0 Å². The van der Waals surface area contributed by atoms with Gasteiger partial charge in [0.05, 0.1) is 18.9 Å². The highest BCUT2D eigenvalue weighted by Crippen LogP contribution is 2.41. The molecule has 0 saturated heterocycles. The number of carbonyl (C=O) groups excluding carboxylic acids is 1. The fourth-order valence-corrected chi connectivity index (χ4v) is 3.74. The molecule has 1 aromatic rings.